The molecule has 33 heavy (non-hydrogen) atoms. The Kier molecular flexibility index (Phi) is 6.35. The third-order valence-electron chi connectivity index (χ3n) is 6.48. The summed E-state index contributed by atoms with van der Waals surface area (Å²) in [6.07, 6.45) is 5.94. The van der Waals surface area contributed by atoms with Gasteiger partial charge >= 0.3 is 0 Å². The molecule has 172 valence electrons. The summed E-state index contributed by atoms with van der Waals surface area (Å²) < 4.78 is 1.85. The van der Waals surface area contributed by atoms with Gasteiger partial charge in [-0.2, -0.15) is 0 Å². The number of nitrogens with one attached hydrogen (secondary N) is 2. The van der Waals surface area contributed by atoms with E-state index in [4.69, 9.17) is 22.6 Å². The van der Waals surface area contributed by atoms with E-state index in [-0.39, 0.29) is 11.7 Å². The van der Waals surface area contributed by atoms with Gasteiger partial charge in [0, 0.05) is 29.6 Å². The predicted octanol–water partition coefficient (Wildman–Crippen LogP) is 2.96. The van der Waals surface area contributed by atoms with E-state index >= 15 is 0 Å². The Labute approximate surface area is 192 Å². The number of amides is 2. The highest BCUT2D eigenvalue weighted by atomic mass is 16.2. The molecule has 0 aliphatic heterocycles. The van der Waals surface area contributed by atoms with Crippen molar-refractivity contribution >= 4 is 34.2 Å². The minimum Gasteiger partial charge on any atom is -0.396 e. The van der Waals surface area contributed by atoms with Crippen molar-refractivity contribution in [2.75, 3.05) is 12.3 Å². The van der Waals surface area contributed by atoms with Gasteiger partial charge in [-0.15, -0.1) is 0 Å². The summed E-state index contributed by atoms with van der Waals surface area (Å²) in [6, 6.07) is 12.3. The van der Waals surface area contributed by atoms with E-state index in [2.05, 4.69) is 5.32 Å². The van der Waals surface area contributed by atoms with Crippen molar-refractivity contribution in [2.24, 2.45) is 17.4 Å². The molecule has 2 aromatic carbocycles. The maximum atomic E-state index is 13.3. The van der Waals surface area contributed by atoms with E-state index in [0.29, 0.717) is 41.5 Å². The second-order valence-electron chi connectivity index (χ2n) is 8.77. The molecule has 1 aromatic heterocycles. The second kappa shape index (κ2) is 9.36. The fraction of sp³-hybridized carbons (Fsp3) is 0.320. The maximum absolute atomic E-state index is 13.3. The Bertz CT molecular complexity index is 1210. The van der Waals surface area contributed by atoms with Crippen LogP contribution in [0.5, 0.6) is 0 Å². The van der Waals surface area contributed by atoms with Gasteiger partial charge in [0.1, 0.15) is 11.5 Å². The summed E-state index contributed by atoms with van der Waals surface area (Å²) in [5, 5.41) is 11.6. The van der Waals surface area contributed by atoms with Gasteiger partial charge in [0.05, 0.1) is 11.2 Å². The number of fused-ring (bicyclic) bond motifs is 1. The van der Waals surface area contributed by atoms with Gasteiger partial charge < -0.3 is 27.1 Å². The van der Waals surface area contributed by atoms with Crippen molar-refractivity contribution < 1.29 is 9.59 Å². The Morgan fingerprint density at radius 2 is 1.67 bits per heavy atom. The molecule has 3 aromatic rings. The molecule has 0 radical (unpaired) electrons. The van der Waals surface area contributed by atoms with Crippen molar-refractivity contribution in [3.05, 3.63) is 64.8 Å². The lowest BCUT2D eigenvalue weighted by molar-refractivity contribution is 0.0935. The van der Waals surface area contributed by atoms with E-state index in [1.807, 2.05) is 4.57 Å². The number of hydrogen-bond donors (Lipinski definition) is 5. The maximum Gasteiger partial charge on any atom is 0.270 e. The number of rotatable bonds is 7. The number of amidine groups is 1. The Morgan fingerprint density at radius 1 is 1.00 bits per heavy atom. The van der Waals surface area contributed by atoms with E-state index in [0.717, 1.165) is 29.3 Å². The Hall–Kier alpha value is -3.81. The van der Waals surface area contributed by atoms with Crippen LogP contribution in [-0.4, -0.2) is 28.8 Å². The molecule has 0 bridgehead atoms. The number of nitrogens with zero attached hydrogens (tertiary/aromatic N) is 1. The van der Waals surface area contributed by atoms with Gasteiger partial charge in [0.25, 0.3) is 5.91 Å². The first-order valence-corrected chi connectivity index (χ1v) is 11.3. The van der Waals surface area contributed by atoms with Crippen LogP contribution in [0.15, 0.2) is 42.5 Å². The summed E-state index contributed by atoms with van der Waals surface area (Å²) in [4.78, 5) is 24.7. The standard InChI is InChI=1S/C25H30N6O2/c26-21-19-11-10-18(23(27)28)12-20(19)31(14-16-6-8-17(9-7-16)24(29)32)22(21)25(33)30-13-15-4-2-1-3-5-15/h6-12,15H,1-5,13-14,26H2,(H3,27,28)(H2,29,32)(H,30,33). The van der Waals surface area contributed by atoms with Crippen LogP contribution in [0.3, 0.4) is 0 Å². The van der Waals surface area contributed by atoms with Crippen LogP contribution in [0.1, 0.15) is 64.1 Å². The summed E-state index contributed by atoms with van der Waals surface area (Å²) in [5.74, 6) is -0.275. The molecule has 8 nitrogen and oxygen atoms in total. The molecular weight excluding hydrogens is 416 g/mol. The predicted molar refractivity (Wildman–Crippen MR) is 130 cm³/mol. The largest absolute Gasteiger partial charge is 0.396 e. The summed E-state index contributed by atoms with van der Waals surface area (Å²) in [5.41, 5.74) is 20.9. The quantitative estimate of drug-likeness (QED) is 0.280. The van der Waals surface area contributed by atoms with Gasteiger partial charge in [-0.05, 0) is 48.6 Å². The lowest BCUT2D eigenvalue weighted by Gasteiger charge is -2.22. The van der Waals surface area contributed by atoms with Crippen LogP contribution in [0.25, 0.3) is 10.9 Å². The molecule has 8 heteroatoms. The van der Waals surface area contributed by atoms with Gasteiger partial charge in [-0.25, -0.2) is 0 Å². The topological polar surface area (TPSA) is 153 Å². The zero-order chi connectivity index (χ0) is 23.5. The molecule has 0 spiro atoms. The number of benzene rings is 2. The molecule has 1 saturated carbocycles. The molecule has 1 aliphatic rings. The molecule has 8 N–H and O–H groups in total. The third-order valence-corrected chi connectivity index (χ3v) is 6.48. The molecule has 0 atom stereocenters. The third kappa shape index (κ3) is 4.69. The highest BCUT2D eigenvalue weighted by Gasteiger charge is 2.23. The lowest BCUT2D eigenvalue weighted by Crippen LogP contribution is -2.32. The number of nitrogens with two attached hydrogens (primary N) is 3. The van der Waals surface area contributed by atoms with E-state index in [1.54, 1.807) is 42.5 Å². The fourth-order valence-corrected chi connectivity index (χ4v) is 4.62. The van der Waals surface area contributed by atoms with Gasteiger partial charge in [0.15, 0.2) is 0 Å². The average Bonchev–Trinajstić information content (AvgIpc) is 3.09. The molecule has 1 fully saturated rings. The normalized spacial score (nSPS) is 14.3. The number of carbonyl (C=O) groups excluding carboxylic acids is 2. The summed E-state index contributed by atoms with van der Waals surface area (Å²) in [7, 11) is 0. The SMILES string of the molecule is N=C(N)c1ccc2c(N)c(C(=O)NCC3CCCCC3)n(Cc3ccc(C(N)=O)cc3)c2c1. The summed E-state index contributed by atoms with van der Waals surface area (Å²) >= 11 is 0. The van der Waals surface area contributed by atoms with Crippen LogP contribution in [-0.2, 0) is 6.54 Å². The van der Waals surface area contributed by atoms with Crippen LogP contribution in [0.4, 0.5) is 5.69 Å². The zero-order valence-corrected chi connectivity index (χ0v) is 18.6. The molecule has 0 unspecified atom stereocenters. The molecule has 1 heterocycles. The monoisotopic (exact) mass is 446 g/mol. The van der Waals surface area contributed by atoms with Gasteiger partial charge in [-0.3, -0.25) is 15.0 Å². The fourth-order valence-electron chi connectivity index (χ4n) is 4.62. The highest BCUT2D eigenvalue weighted by Crippen LogP contribution is 2.31. The molecule has 0 saturated heterocycles. The smallest absolute Gasteiger partial charge is 0.270 e. The van der Waals surface area contributed by atoms with E-state index < -0.39 is 5.91 Å². The molecule has 2 amide bonds. The Morgan fingerprint density at radius 3 is 2.30 bits per heavy atom. The molecule has 4 rings (SSSR count). The minimum atomic E-state index is -0.494. The van der Waals surface area contributed by atoms with Crippen LogP contribution in [0, 0.1) is 11.3 Å². The number of carbonyl (C=O) groups is 2. The summed E-state index contributed by atoms with van der Waals surface area (Å²) in [6.45, 7) is 0.992. The molecular formula is C25H30N6O2. The van der Waals surface area contributed by atoms with E-state index in [1.165, 1.54) is 19.3 Å². The van der Waals surface area contributed by atoms with Crippen molar-refractivity contribution in [3.63, 3.8) is 0 Å². The van der Waals surface area contributed by atoms with Crippen LogP contribution >= 0.6 is 0 Å². The van der Waals surface area contributed by atoms with Gasteiger partial charge in [-0.1, -0.05) is 37.5 Å². The first-order chi connectivity index (χ1) is 15.8. The second-order valence-corrected chi connectivity index (χ2v) is 8.77. The minimum absolute atomic E-state index is 0.0580. The highest BCUT2D eigenvalue weighted by molar-refractivity contribution is 6.09. The number of nitrogen functional groups attached to an aromatic ring is 2. The van der Waals surface area contributed by atoms with Crippen LogP contribution < -0.4 is 22.5 Å². The molecule has 1 aliphatic carbocycles. The number of hydrogen-bond acceptors (Lipinski definition) is 4. The number of primary amides is 1. The average molecular weight is 447 g/mol. The first kappa shape index (κ1) is 22.4. The van der Waals surface area contributed by atoms with Gasteiger partial charge in [0.2, 0.25) is 5.91 Å². The van der Waals surface area contributed by atoms with Crippen LogP contribution in [0.2, 0.25) is 0 Å². The first-order valence-electron chi connectivity index (χ1n) is 11.3. The van der Waals surface area contributed by atoms with E-state index in [9.17, 15) is 9.59 Å². The number of aromatic nitrogens is 1. The van der Waals surface area contributed by atoms with Crippen molar-refractivity contribution in [1.29, 1.82) is 5.41 Å². The van der Waals surface area contributed by atoms with Crippen molar-refractivity contribution in [1.82, 2.24) is 9.88 Å². The number of anilines is 1. The Balaban J connectivity index is 1.72. The zero-order valence-electron chi connectivity index (χ0n) is 18.6. The van der Waals surface area contributed by atoms with Crippen molar-refractivity contribution in [2.45, 2.75) is 38.6 Å². The lowest BCUT2D eigenvalue weighted by atomic mass is 9.89. The van der Waals surface area contributed by atoms with Crippen molar-refractivity contribution in [3.8, 4) is 0 Å².